The van der Waals surface area contributed by atoms with Gasteiger partial charge in [-0.2, -0.15) is 4.98 Å². The number of hydrogen-bond donors (Lipinski definition) is 2. The van der Waals surface area contributed by atoms with E-state index in [0.29, 0.717) is 12.1 Å². The van der Waals surface area contributed by atoms with Crippen molar-refractivity contribution in [2.75, 3.05) is 5.73 Å². The number of rotatable bonds is 6. The highest BCUT2D eigenvalue weighted by molar-refractivity contribution is 5.80. The molecule has 8 heteroatoms. The Bertz CT molecular complexity index is 1100. The molecule has 8 nitrogen and oxygen atoms in total. The third-order valence-corrected chi connectivity index (χ3v) is 6.37. The van der Waals surface area contributed by atoms with Gasteiger partial charge in [0, 0.05) is 18.1 Å². The molecular weight excluding hydrogens is 390 g/mol. The van der Waals surface area contributed by atoms with Crippen LogP contribution in [-0.2, 0) is 0 Å². The van der Waals surface area contributed by atoms with Gasteiger partial charge in [-0.3, -0.25) is 9.69 Å². The third-order valence-electron chi connectivity index (χ3n) is 6.37. The van der Waals surface area contributed by atoms with Crippen LogP contribution in [0.5, 0.6) is 0 Å². The molecule has 3 heterocycles. The van der Waals surface area contributed by atoms with Gasteiger partial charge in [0.15, 0.2) is 11.5 Å². The van der Waals surface area contributed by atoms with Crippen LogP contribution in [0.3, 0.4) is 0 Å². The van der Waals surface area contributed by atoms with E-state index < -0.39 is 0 Å². The Balaban J connectivity index is 1.88. The van der Waals surface area contributed by atoms with Crippen molar-refractivity contribution in [1.29, 1.82) is 0 Å². The summed E-state index contributed by atoms with van der Waals surface area (Å²) < 4.78 is 0. The Labute approximate surface area is 182 Å². The van der Waals surface area contributed by atoms with Crippen LogP contribution in [0.4, 0.5) is 5.95 Å². The molecule has 1 fully saturated rings. The minimum absolute atomic E-state index is 0.0661. The van der Waals surface area contributed by atoms with Crippen LogP contribution in [0.2, 0.25) is 0 Å². The van der Waals surface area contributed by atoms with Crippen molar-refractivity contribution >= 4 is 17.0 Å². The van der Waals surface area contributed by atoms with Gasteiger partial charge < -0.3 is 10.7 Å². The number of fused-ring (bicyclic) bond motifs is 1. The first-order valence-electron chi connectivity index (χ1n) is 11.2. The number of aromatic nitrogens is 5. The first-order valence-corrected chi connectivity index (χ1v) is 11.2. The van der Waals surface area contributed by atoms with Gasteiger partial charge in [-0.25, -0.2) is 15.0 Å². The van der Waals surface area contributed by atoms with Gasteiger partial charge in [0.2, 0.25) is 5.95 Å². The van der Waals surface area contributed by atoms with Crippen LogP contribution in [0.15, 0.2) is 29.3 Å². The molecule has 1 aliphatic heterocycles. The second-order valence-corrected chi connectivity index (χ2v) is 8.56. The highest BCUT2D eigenvalue weighted by atomic mass is 16.1. The zero-order valence-electron chi connectivity index (χ0n) is 18.5. The molecule has 31 heavy (non-hydrogen) atoms. The van der Waals surface area contributed by atoms with Gasteiger partial charge in [0.1, 0.15) is 6.33 Å². The van der Waals surface area contributed by atoms with E-state index in [1.165, 1.54) is 25.6 Å². The van der Waals surface area contributed by atoms with Crippen molar-refractivity contribution in [3.63, 3.8) is 0 Å². The molecule has 164 valence electrons. The van der Waals surface area contributed by atoms with Gasteiger partial charge in [-0.05, 0) is 44.7 Å². The predicted molar refractivity (Wildman–Crippen MR) is 122 cm³/mol. The molecule has 3 unspecified atom stereocenters. The Morgan fingerprint density at radius 1 is 1.19 bits per heavy atom. The van der Waals surface area contributed by atoms with E-state index in [0.717, 1.165) is 35.9 Å². The molecule has 0 aliphatic carbocycles. The Kier molecular flexibility index (Phi) is 6.27. The Morgan fingerprint density at radius 2 is 1.97 bits per heavy atom. The summed E-state index contributed by atoms with van der Waals surface area (Å²) in [7, 11) is 0. The highest BCUT2D eigenvalue weighted by Gasteiger charge is 2.33. The fourth-order valence-corrected chi connectivity index (χ4v) is 4.89. The Hall–Kier alpha value is -2.87. The molecule has 0 spiro atoms. The quantitative estimate of drug-likeness (QED) is 0.621. The number of benzene rings is 1. The largest absolute Gasteiger partial charge is 0.368 e. The van der Waals surface area contributed by atoms with Crippen LogP contribution < -0.4 is 11.3 Å². The van der Waals surface area contributed by atoms with E-state index in [-0.39, 0.29) is 29.1 Å². The highest BCUT2D eigenvalue weighted by Crippen LogP contribution is 2.37. The summed E-state index contributed by atoms with van der Waals surface area (Å²) in [5.41, 5.74) is 8.21. The maximum absolute atomic E-state index is 12.7. The van der Waals surface area contributed by atoms with Crippen molar-refractivity contribution in [2.45, 2.75) is 77.4 Å². The maximum atomic E-state index is 12.7. The summed E-state index contributed by atoms with van der Waals surface area (Å²) in [6.07, 6.45) is 8.31. The molecule has 1 aliphatic rings. The number of piperidine rings is 1. The predicted octanol–water partition coefficient (Wildman–Crippen LogP) is 3.85. The van der Waals surface area contributed by atoms with Crippen molar-refractivity contribution in [3.8, 4) is 11.5 Å². The van der Waals surface area contributed by atoms with Crippen LogP contribution >= 0.6 is 0 Å². The lowest BCUT2D eigenvalue weighted by molar-refractivity contribution is 0.0495. The van der Waals surface area contributed by atoms with Crippen molar-refractivity contribution in [3.05, 3.63) is 40.4 Å². The maximum Gasteiger partial charge on any atom is 0.278 e. The summed E-state index contributed by atoms with van der Waals surface area (Å²) in [6, 6.07) is 7.31. The van der Waals surface area contributed by atoms with Crippen LogP contribution in [0.1, 0.15) is 70.9 Å². The standard InChI is InChI=1S/C23H31N7O/c1-4-5-12-18(30-14(2)8-6-9-15(30)3)16-10-7-11-17-19(16)28-20(22(31)27-17)21-25-13-26-23(24)29-21/h7,10-11,13-15,18H,4-6,8-9,12H2,1-3H3,(H,27,31)(H2,24,25,26,29). The first kappa shape index (κ1) is 21.4. The molecular formula is C23H31N7O. The van der Waals surface area contributed by atoms with Crippen LogP contribution in [0, 0.1) is 0 Å². The van der Waals surface area contributed by atoms with Gasteiger partial charge in [0.25, 0.3) is 5.56 Å². The number of unbranched alkanes of at least 4 members (excludes halogenated alkanes) is 1. The Morgan fingerprint density at radius 3 is 2.68 bits per heavy atom. The molecule has 1 saturated heterocycles. The summed E-state index contributed by atoms with van der Waals surface area (Å²) >= 11 is 0. The van der Waals surface area contributed by atoms with Gasteiger partial charge in [-0.1, -0.05) is 38.3 Å². The van der Waals surface area contributed by atoms with E-state index >= 15 is 0 Å². The monoisotopic (exact) mass is 421 g/mol. The lowest BCUT2D eigenvalue weighted by Crippen LogP contribution is -2.46. The molecule has 0 amide bonds. The third kappa shape index (κ3) is 4.30. The number of likely N-dealkylation sites (tertiary alicyclic amines) is 1. The minimum atomic E-state index is -0.333. The van der Waals surface area contributed by atoms with E-state index in [9.17, 15) is 4.79 Å². The van der Waals surface area contributed by atoms with E-state index in [1.807, 2.05) is 12.1 Å². The van der Waals surface area contributed by atoms with Crippen molar-refractivity contribution in [1.82, 2.24) is 29.8 Å². The SMILES string of the molecule is CCCCC(c1cccc2[nH]c(=O)c(-c3ncnc(N)n3)nc12)N1C(C)CCCC1C. The molecule has 2 aromatic heterocycles. The van der Waals surface area contributed by atoms with E-state index in [1.54, 1.807) is 0 Å². The lowest BCUT2D eigenvalue weighted by atomic mass is 9.89. The van der Waals surface area contributed by atoms with Crippen LogP contribution in [0.25, 0.3) is 22.6 Å². The molecule has 3 N–H and O–H groups in total. The molecule has 3 atom stereocenters. The first-order chi connectivity index (χ1) is 15.0. The topological polar surface area (TPSA) is 114 Å². The number of nitrogens with zero attached hydrogens (tertiary/aromatic N) is 5. The number of nitrogens with two attached hydrogens (primary N) is 1. The second kappa shape index (κ2) is 9.09. The number of hydrogen-bond acceptors (Lipinski definition) is 7. The summed E-state index contributed by atoms with van der Waals surface area (Å²) in [6.45, 7) is 6.88. The summed E-state index contributed by atoms with van der Waals surface area (Å²) in [5.74, 6) is 0.256. The molecule has 0 radical (unpaired) electrons. The molecule has 0 saturated carbocycles. The zero-order valence-corrected chi connectivity index (χ0v) is 18.5. The fraction of sp³-hybridized carbons (Fsp3) is 0.522. The van der Waals surface area contributed by atoms with Crippen LogP contribution in [-0.4, -0.2) is 41.9 Å². The average Bonchev–Trinajstić information content (AvgIpc) is 2.75. The zero-order chi connectivity index (χ0) is 22.0. The van der Waals surface area contributed by atoms with Crippen molar-refractivity contribution < 1.29 is 0 Å². The lowest BCUT2D eigenvalue weighted by Gasteiger charge is -2.44. The van der Waals surface area contributed by atoms with E-state index in [4.69, 9.17) is 10.7 Å². The number of para-hydroxylation sites is 1. The number of H-pyrrole nitrogens is 1. The molecule has 4 rings (SSSR count). The number of aromatic amines is 1. The number of anilines is 1. The summed E-state index contributed by atoms with van der Waals surface area (Å²) in [5, 5.41) is 0. The average molecular weight is 422 g/mol. The smallest absolute Gasteiger partial charge is 0.278 e. The van der Waals surface area contributed by atoms with Gasteiger partial charge >= 0.3 is 0 Å². The minimum Gasteiger partial charge on any atom is -0.368 e. The van der Waals surface area contributed by atoms with Crippen molar-refractivity contribution in [2.24, 2.45) is 0 Å². The van der Waals surface area contributed by atoms with E-state index in [2.05, 4.69) is 51.7 Å². The normalized spacial score (nSPS) is 20.7. The van der Waals surface area contributed by atoms with Gasteiger partial charge in [0.05, 0.1) is 11.0 Å². The fourth-order valence-electron chi connectivity index (χ4n) is 4.89. The second-order valence-electron chi connectivity index (χ2n) is 8.56. The number of nitrogens with one attached hydrogen (secondary N) is 1. The van der Waals surface area contributed by atoms with Gasteiger partial charge in [-0.15, -0.1) is 0 Å². The molecule has 0 bridgehead atoms. The molecule has 3 aromatic rings. The number of nitrogen functional groups attached to an aromatic ring is 1. The molecule has 1 aromatic carbocycles. The summed E-state index contributed by atoms with van der Waals surface area (Å²) in [4.78, 5) is 35.2.